The average molecular weight is 381 g/mol. The fraction of sp³-hybridized carbons (Fsp3) is 0.136. The van der Waals surface area contributed by atoms with Gasteiger partial charge in [0.15, 0.2) is 11.5 Å². The van der Waals surface area contributed by atoms with Gasteiger partial charge in [-0.25, -0.2) is 0 Å². The van der Waals surface area contributed by atoms with Crippen LogP contribution in [0.2, 0.25) is 5.02 Å². The molecule has 0 amide bonds. The minimum atomic E-state index is -0.295. The van der Waals surface area contributed by atoms with Crippen LogP contribution in [0.25, 0.3) is 11.1 Å². The molecule has 136 valence electrons. The van der Waals surface area contributed by atoms with Crippen molar-refractivity contribution in [1.29, 1.82) is 0 Å². The van der Waals surface area contributed by atoms with E-state index < -0.39 is 0 Å². The highest BCUT2D eigenvalue weighted by molar-refractivity contribution is 6.32. The van der Waals surface area contributed by atoms with Crippen LogP contribution in [0.5, 0.6) is 11.5 Å². The molecule has 0 saturated heterocycles. The van der Waals surface area contributed by atoms with Crippen LogP contribution >= 0.6 is 11.6 Å². The standard InChI is InChI=1S/C22H17ClO4/c23-19-10-16(11-20-22(19)27-14-26-20)13-25-21(24)12-15-6-8-18(9-7-15)17-4-2-1-3-5-17/h1-11H,12-14H2. The largest absolute Gasteiger partial charge is 0.461 e. The van der Waals surface area contributed by atoms with Crippen molar-refractivity contribution in [3.8, 4) is 22.6 Å². The minimum absolute atomic E-state index is 0.136. The molecule has 1 aliphatic rings. The van der Waals surface area contributed by atoms with E-state index in [0.29, 0.717) is 16.5 Å². The van der Waals surface area contributed by atoms with Crippen LogP contribution in [0.3, 0.4) is 0 Å². The summed E-state index contributed by atoms with van der Waals surface area (Å²) in [6, 6.07) is 21.5. The van der Waals surface area contributed by atoms with Gasteiger partial charge in [-0.15, -0.1) is 0 Å². The molecule has 1 heterocycles. The monoisotopic (exact) mass is 380 g/mol. The second-order valence-electron chi connectivity index (χ2n) is 6.21. The molecule has 3 aromatic carbocycles. The van der Waals surface area contributed by atoms with E-state index in [4.69, 9.17) is 25.8 Å². The number of carbonyl (C=O) groups is 1. The fourth-order valence-corrected chi connectivity index (χ4v) is 3.22. The average Bonchev–Trinajstić information content (AvgIpc) is 3.17. The maximum Gasteiger partial charge on any atom is 0.310 e. The van der Waals surface area contributed by atoms with Gasteiger partial charge in [-0.1, -0.05) is 66.2 Å². The van der Waals surface area contributed by atoms with Crippen molar-refractivity contribution in [3.05, 3.63) is 82.9 Å². The first-order chi connectivity index (χ1) is 13.2. The second kappa shape index (κ2) is 7.72. The lowest BCUT2D eigenvalue weighted by atomic mass is 10.0. The number of hydrogen-bond acceptors (Lipinski definition) is 4. The van der Waals surface area contributed by atoms with Crippen LogP contribution in [0.1, 0.15) is 11.1 Å². The summed E-state index contributed by atoms with van der Waals surface area (Å²) in [6.45, 7) is 0.286. The van der Waals surface area contributed by atoms with Crippen molar-refractivity contribution >= 4 is 17.6 Å². The third kappa shape index (κ3) is 4.07. The molecule has 0 atom stereocenters. The van der Waals surface area contributed by atoms with Crippen LogP contribution in [0.15, 0.2) is 66.7 Å². The fourth-order valence-electron chi connectivity index (χ4n) is 2.93. The van der Waals surface area contributed by atoms with Gasteiger partial charge in [0, 0.05) is 0 Å². The summed E-state index contributed by atoms with van der Waals surface area (Å²) in [4.78, 5) is 12.1. The summed E-state index contributed by atoms with van der Waals surface area (Å²) in [5.74, 6) is 0.812. The van der Waals surface area contributed by atoms with Crippen molar-refractivity contribution in [2.24, 2.45) is 0 Å². The third-order valence-electron chi connectivity index (χ3n) is 4.30. The van der Waals surface area contributed by atoms with Gasteiger partial charge in [-0.3, -0.25) is 4.79 Å². The molecule has 0 aliphatic carbocycles. The molecule has 0 unspecified atom stereocenters. The summed E-state index contributed by atoms with van der Waals surface area (Å²) in [7, 11) is 0. The van der Waals surface area contributed by atoms with Crippen molar-refractivity contribution < 1.29 is 19.0 Å². The molecule has 0 spiro atoms. The summed E-state index contributed by atoms with van der Waals surface area (Å²) < 4.78 is 16.0. The van der Waals surface area contributed by atoms with E-state index in [1.807, 2.05) is 42.5 Å². The van der Waals surface area contributed by atoms with Gasteiger partial charge in [-0.2, -0.15) is 0 Å². The van der Waals surface area contributed by atoms with Gasteiger partial charge in [0.1, 0.15) is 6.61 Å². The Hall–Kier alpha value is -2.98. The molecular formula is C22H17ClO4. The van der Waals surface area contributed by atoms with Crippen LogP contribution in [0.4, 0.5) is 0 Å². The number of rotatable bonds is 5. The predicted molar refractivity (Wildman–Crippen MR) is 103 cm³/mol. The molecule has 1 aliphatic heterocycles. The lowest BCUT2D eigenvalue weighted by Crippen LogP contribution is -2.08. The highest BCUT2D eigenvalue weighted by atomic mass is 35.5. The molecule has 5 heteroatoms. The predicted octanol–water partition coefficient (Wildman–Crippen LogP) is 5.02. The quantitative estimate of drug-likeness (QED) is 0.583. The lowest BCUT2D eigenvalue weighted by molar-refractivity contribution is -0.144. The lowest BCUT2D eigenvalue weighted by Gasteiger charge is -2.08. The van der Waals surface area contributed by atoms with Gasteiger partial charge in [0.2, 0.25) is 6.79 Å². The van der Waals surface area contributed by atoms with Gasteiger partial charge in [0.25, 0.3) is 0 Å². The molecule has 0 bridgehead atoms. The van der Waals surface area contributed by atoms with Crippen molar-refractivity contribution in [2.45, 2.75) is 13.0 Å². The summed E-state index contributed by atoms with van der Waals surface area (Å²) in [5.41, 5.74) is 3.93. The van der Waals surface area contributed by atoms with Gasteiger partial charge < -0.3 is 14.2 Å². The number of esters is 1. The zero-order valence-corrected chi connectivity index (χ0v) is 15.2. The SMILES string of the molecule is O=C(Cc1ccc(-c2ccccc2)cc1)OCc1cc(Cl)c2c(c1)OCO2. The van der Waals surface area contributed by atoms with E-state index in [-0.39, 0.29) is 25.8 Å². The Balaban J connectivity index is 1.35. The molecule has 3 aromatic rings. The van der Waals surface area contributed by atoms with Crippen LogP contribution in [-0.2, 0) is 22.6 Å². The highest BCUT2D eigenvalue weighted by Crippen LogP contribution is 2.39. The van der Waals surface area contributed by atoms with E-state index in [1.54, 1.807) is 12.1 Å². The minimum Gasteiger partial charge on any atom is -0.461 e. The van der Waals surface area contributed by atoms with E-state index >= 15 is 0 Å². The Morgan fingerprint density at radius 1 is 0.926 bits per heavy atom. The number of benzene rings is 3. The van der Waals surface area contributed by atoms with Gasteiger partial charge >= 0.3 is 5.97 Å². The van der Waals surface area contributed by atoms with E-state index in [0.717, 1.165) is 22.3 Å². The number of fused-ring (bicyclic) bond motifs is 1. The van der Waals surface area contributed by atoms with E-state index in [9.17, 15) is 4.79 Å². The van der Waals surface area contributed by atoms with Crippen LogP contribution in [0, 0.1) is 0 Å². The molecule has 0 N–H and O–H groups in total. The number of hydrogen-bond donors (Lipinski definition) is 0. The van der Waals surface area contributed by atoms with Crippen molar-refractivity contribution in [2.75, 3.05) is 6.79 Å². The Morgan fingerprint density at radius 2 is 1.67 bits per heavy atom. The van der Waals surface area contributed by atoms with E-state index in [2.05, 4.69) is 12.1 Å². The Labute approximate surface area is 162 Å². The molecule has 4 rings (SSSR count). The first-order valence-corrected chi connectivity index (χ1v) is 8.95. The Kier molecular flexibility index (Phi) is 4.99. The van der Waals surface area contributed by atoms with Crippen LogP contribution in [-0.4, -0.2) is 12.8 Å². The molecule has 0 saturated carbocycles. The first-order valence-electron chi connectivity index (χ1n) is 8.57. The number of ether oxygens (including phenoxy) is 3. The summed E-state index contributed by atoms with van der Waals surface area (Å²) >= 11 is 6.14. The normalized spacial score (nSPS) is 12.0. The van der Waals surface area contributed by atoms with Gasteiger partial charge in [0.05, 0.1) is 11.4 Å². The highest BCUT2D eigenvalue weighted by Gasteiger charge is 2.18. The number of carbonyl (C=O) groups excluding carboxylic acids is 1. The van der Waals surface area contributed by atoms with Crippen LogP contribution < -0.4 is 9.47 Å². The van der Waals surface area contributed by atoms with Crippen molar-refractivity contribution in [1.82, 2.24) is 0 Å². The second-order valence-corrected chi connectivity index (χ2v) is 6.62. The summed E-state index contributed by atoms with van der Waals surface area (Å²) in [6.07, 6.45) is 0.216. The van der Waals surface area contributed by atoms with Crippen molar-refractivity contribution in [3.63, 3.8) is 0 Å². The molecule has 27 heavy (non-hydrogen) atoms. The topological polar surface area (TPSA) is 44.8 Å². The maximum absolute atomic E-state index is 12.1. The first kappa shape index (κ1) is 17.4. The molecular weight excluding hydrogens is 364 g/mol. The van der Waals surface area contributed by atoms with Gasteiger partial charge in [-0.05, 0) is 34.4 Å². The number of halogens is 1. The zero-order chi connectivity index (χ0) is 18.6. The summed E-state index contributed by atoms with van der Waals surface area (Å²) in [5, 5.41) is 0.451. The molecule has 0 aromatic heterocycles. The molecule has 4 nitrogen and oxygen atoms in total. The third-order valence-corrected chi connectivity index (χ3v) is 4.58. The molecule has 0 radical (unpaired) electrons. The maximum atomic E-state index is 12.1. The zero-order valence-electron chi connectivity index (χ0n) is 14.5. The molecule has 0 fully saturated rings. The van der Waals surface area contributed by atoms with E-state index in [1.165, 1.54) is 0 Å². The Bertz CT molecular complexity index is 952. The smallest absolute Gasteiger partial charge is 0.310 e. The Morgan fingerprint density at radius 3 is 2.44 bits per heavy atom.